The Balaban J connectivity index is 2.38. The summed E-state index contributed by atoms with van der Waals surface area (Å²) in [5.41, 5.74) is 10.2. The SMILES string of the molecule is NC(=O)N(N)c1ccc(N(N)C(N)=O)c2c1C(=O)c1cccc(CCO)c1C2=O. The minimum absolute atomic E-state index is 0.0624. The molecule has 11 heteroatoms. The Morgan fingerprint density at radius 1 is 0.828 bits per heavy atom. The first-order valence-corrected chi connectivity index (χ1v) is 8.38. The van der Waals surface area contributed by atoms with Gasteiger partial charge in [-0.15, -0.1) is 0 Å². The van der Waals surface area contributed by atoms with E-state index >= 15 is 0 Å². The van der Waals surface area contributed by atoms with Gasteiger partial charge in [0.25, 0.3) is 0 Å². The molecule has 0 unspecified atom stereocenters. The van der Waals surface area contributed by atoms with Crippen LogP contribution < -0.4 is 33.2 Å². The zero-order valence-corrected chi connectivity index (χ0v) is 15.1. The number of anilines is 2. The van der Waals surface area contributed by atoms with Crippen LogP contribution in [0.1, 0.15) is 37.4 Å². The van der Waals surface area contributed by atoms with E-state index in [1.807, 2.05) is 0 Å². The maximum atomic E-state index is 13.4. The highest BCUT2D eigenvalue weighted by Crippen LogP contribution is 2.39. The number of benzene rings is 2. The lowest BCUT2D eigenvalue weighted by atomic mass is 9.79. The second-order valence-corrected chi connectivity index (χ2v) is 6.24. The fourth-order valence-corrected chi connectivity index (χ4v) is 3.33. The molecule has 3 rings (SSSR count). The molecule has 0 fully saturated rings. The molecule has 0 spiro atoms. The molecule has 4 amide bonds. The number of hydrogen-bond acceptors (Lipinski definition) is 7. The second-order valence-electron chi connectivity index (χ2n) is 6.24. The number of amides is 4. The van der Waals surface area contributed by atoms with Gasteiger partial charge in [0.2, 0.25) is 0 Å². The molecule has 1 aliphatic carbocycles. The first-order chi connectivity index (χ1) is 13.7. The minimum Gasteiger partial charge on any atom is -0.396 e. The van der Waals surface area contributed by atoms with Gasteiger partial charge in [-0.05, 0) is 24.1 Å². The molecule has 11 nitrogen and oxygen atoms in total. The number of carbonyl (C=O) groups is 4. The van der Waals surface area contributed by atoms with Crippen LogP contribution in [0.2, 0.25) is 0 Å². The lowest BCUT2D eigenvalue weighted by Crippen LogP contribution is -2.45. The highest BCUT2D eigenvalue weighted by Gasteiger charge is 2.38. The highest BCUT2D eigenvalue weighted by atomic mass is 16.3. The van der Waals surface area contributed by atoms with E-state index in [1.165, 1.54) is 18.2 Å². The minimum atomic E-state index is -1.07. The van der Waals surface area contributed by atoms with E-state index in [4.69, 9.17) is 23.2 Å². The van der Waals surface area contributed by atoms with Crippen molar-refractivity contribution in [2.75, 3.05) is 16.6 Å². The number of aliphatic hydroxyl groups is 1. The first-order valence-electron chi connectivity index (χ1n) is 8.38. The first kappa shape index (κ1) is 19.9. The van der Waals surface area contributed by atoms with Gasteiger partial charge in [-0.25, -0.2) is 31.3 Å². The molecule has 2 aromatic rings. The van der Waals surface area contributed by atoms with Crippen LogP contribution in [0, 0.1) is 0 Å². The smallest absolute Gasteiger partial charge is 0.333 e. The topological polar surface area (TPSA) is 199 Å². The standard InChI is InChI=1S/C18H18N6O5/c19-17(28)23(21)10-4-5-11(24(22)18(20)29)14-13(10)15(26)9-3-1-2-8(6-7-25)12(9)16(14)27/h1-5,25H,6-7,21-22H2,(H2,19,28)(H2,20,29). The fourth-order valence-electron chi connectivity index (χ4n) is 3.33. The van der Waals surface area contributed by atoms with E-state index in [0.29, 0.717) is 15.6 Å². The number of primary amides is 2. The predicted molar refractivity (Wildman–Crippen MR) is 103 cm³/mol. The van der Waals surface area contributed by atoms with Gasteiger partial charge in [0.15, 0.2) is 11.6 Å². The summed E-state index contributed by atoms with van der Waals surface area (Å²) >= 11 is 0. The lowest BCUT2D eigenvalue weighted by molar-refractivity contribution is 0.0979. The molecule has 0 saturated heterocycles. The quantitative estimate of drug-likeness (QED) is 0.222. The number of carbonyl (C=O) groups excluding carboxylic acids is 4. The van der Waals surface area contributed by atoms with Crippen molar-refractivity contribution in [2.24, 2.45) is 23.2 Å². The third-order valence-electron chi connectivity index (χ3n) is 4.61. The molecule has 1 aliphatic rings. The molecule has 9 N–H and O–H groups in total. The summed E-state index contributed by atoms with van der Waals surface area (Å²) in [6.45, 7) is -0.250. The molecule has 29 heavy (non-hydrogen) atoms. The van der Waals surface area contributed by atoms with Crippen molar-refractivity contribution >= 4 is 35.0 Å². The van der Waals surface area contributed by atoms with Gasteiger partial charge in [-0.2, -0.15) is 0 Å². The van der Waals surface area contributed by atoms with E-state index in [9.17, 15) is 24.3 Å². The van der Waals surface area contributed by atoms with Gasteiger partial charge in [-0.3, -0.25) is 9.59 Å². The summed E-state index contributed by atoms with van der Waals surface area (Å²) in [6.07, 6.45) is 0.124. The van der Waals surface area contributed by atoms with E-state index in [-0.39, 0.29) is 46.7 Å². The van der Waals surface area contributed by atoms with Gasteiger partial charge in [0.05, 0.1) is 22.5 Å². The summed E-state index contributed by atoms with van der Waals surface area (Å²) in [4.78, 5) is 49.9. The van der Waals surface area contributed by atoms with Crippen molar-refractivity contribution in [3.05, 3.63) is 58.1 Å². The molecule has 0 atom stereocenters. The number of urea groups is 2. The summed E-state index contributed by atoms with van der Waals surface area (Å²) in [5.74, 6) is 10.1. The van der Waals surface area contributed by atoms with E-state index in [0.717, 1.165) is 0 Å². The molecular formula is C18H18N6O5. The monoisotopic (exact) mass is 398 g/mol. The Hall–Kier alpha value is -3.80. The van der Waals surface area contributed by atoms with Crippen molar-refractivity contribution < 1.29 is 24.3 Å². The van der Waals surface area contributed by atoms with Crippen molar-refractivity contribution in [1.82, 2.24) is 0 Å². The number of ketones is 2. The largest absolute Gasteiger partial charge is 0.396 e. The van der Waals surface area contributed by atoms with Gasteiger partial charge in [0.1, 0.15) is 0 Å². The van der Waals surface area contributed by atoms with Crippen LogP contribution in [0.3, 0.4) is 0 Å². The van der Waals surface area contributed by atoms with Gasteiger partial charge < -0.3 is 16.6 Å². The third-order valence-corrected chi connectivity index (χ3v) is 4.61. The van der Waals surface area contributed by atoms with Crippen molar-refractivity contribution in [3.8, 4) is 0 Å². The van der Waals surface area contributed by atoms with E-state index < -0.39 is 23.6 Å². The Labute approximate surface area is 164 Å². The van der Waals surface area contributed by atoms with Crippen molar-refractivity contribution in [2.45, 2.75) is 6.42 Å². The normalized spacial score (nSPS) is 12.2. The maximum absolute atomic E-state index is 13.4. The number of hydrogen-bond donors (Lipinski definition) is 5. The summed E-state index contributed by atoms with van der Waals surface area (Å²) in [5, 5.41) is 10.3. The summed E-state index contributed by atoms with van der Waals surface area (Å²) in [7, 11) is 0. The van der Waals surface area contributed by atoms with Gasteiger partial charge >= 0.3 is 12.1 Å². The maximum Gasteiger partial charge on any atom is 0.333 e. The number of rotatable bonds is 4. The molecule has 2 aromatic carbocycles. The van der Waals surface area contributed by atoms with Crippen LogP contribution in [-0.4, -0.2) is 35.3 Å². The lowest BCUT2D eigenvalue weighted by Gasteiger charge is -2.28. The molecule has 0 aliphatic heterocycles. The molecular weight excluding hydrogens is 380 g/mol. The van der Waals surface area contributed by atoms with Crippen LogP contribution in [0.25, 0.3) is 0 Å². The summed E-state index contributed by atoms with van der Waals surface area (Å²) in [6, 6.07) is 4.92. The Morgan fingerprint density at radius 3 is 1.83 bits per heavy atom. The average molecular weight is 398 g/mol. The van der Waals surface area contributed by atoms with Crippen molar-refractivity contribution in [3.63, 3.8) is 0 Å². The molecule has 0 aromatic heterocycles. The van der Waals surface area contributed by atoms with E-state index in [2.05, 4.69) is 0 Å². The van der Waals surface area contributed by atoms with E-state index in [1.54, 1.807) is 12.1 Å². The number of fused-ring (bicyclic) bond motifs is 2. The highest BCUT2D eigenvalue weighted by molar-refractivity contribution is 6.33. The Bertz CT molecular complexity index is 1070. The van der Waals surface area contributed by atoms with Crippen molar-refractivity contribution in [1.29, 1.82) is 0 Å². The van der Waals surface area contributed by atoms with Crippen LogP contribution in [0.15, 0.2) is 30.3 Å². The number of nitrogens with two attached hydrogens (primary N) is 4. The predicted octanol–water partition coefficient (Wildman–Crippen LogP) is -0.486. The molecule has 0 saturated carbocycles. The summed E-state index contributed by atoms with van der Waals surface area (Å²) < 4.78 is 0. The third kappa shape index (κ3) is 3.08. The zero-order chi connectivity index (χ0) is 21.5. The van der Waals surface area contributed by atoms with Gasteiger partial charge in [0, 0.05) is 17.7 Å². The molecule has 150 valence electrons. The molecule has 0 heterocycles. The number of aliphatic hydroxyl groups excluding tert-OH is 1. The van der Waals surface area contributed by atoms with Crippen LogP contribution in [0.4, 0.5) is 21.0 Å². The fraction of sp³-hybridized carbons (Fsp3) is 0.111. The molecule has 0 radical (unpaired) electrons. The Kier molecular flexibility index (Phi) is 5.03. The van der Waals surface area contributed by atoms with Crippen LogP contribution >= 0.6 is 0 Å². The number of nitrogens with zero attached hydrogens (tertiary/aromatic N) is 2. The van der Waals surface area contributed by atoms with Crippen LogP contribution in [-0.2, 0) is 6.42 Å². The number of hydrazine groups is 2. The second kappa shape index (κ2) is 7.31. The molecule has 0 bridgehead atoms. The Morgan fingerprint density at radius 2 is 1.34 bits per heavy atom. The van der Waals surface area contributed by atoms with Gasteiger partial charge in [-0.1, -0.05) is 18.2 Å². The average Bonchev–Trinajstić information content (AvgIpc) is 2.69. The zero-order valence-electron chi connectivity index (χ0n) is 15.1. The van der Waals surface area contributed by atoms with Crippen LogP contribution in [0.5, 0.6) is 0 Å².